The number of rotatable bonds is 6. The molecule has 2 aliphatic rings. The summed E-state index contributed by atoms with van der Waals surface area (Å²) in [5.41, 5.74) is 2.06. The molecule has 28 heavy (non-hydrogen) atoms. The van der Waals surface area contributed by atoms with Crippen molar-refractivity contribution in [2.45, 2.75) is 37.9 Å². The predicted octanol–water partition coefficient (Wildman–Crippen LogP) is 3.93. The highest BCUT2D eigenvalue weighted by molar-refractivity contribution is 5.72. The van der Waals surface area contributed by atoms with Crippen LogP contribution in [0.1, 0.15) is 30.4 Å². The predicted molar refractivity (Wildman–Crippen MR) is 104 cm³/mol. The van der Waals surface area contributed by atoms with Gasteiger partial charge < -0.3 is 18.9 Å². The summed E-state index contributed by atoms with van der Waals surface area (Å²) in [6.07, 6.45) is 3.41. The van der Waals surface area contributed by atoms with Crippen molar-refractivity contribution in [3.63, 3.8) is 0 Å². The van der Waals surface area contributed by atoms with Crippen molar-refractivity contribution in [2.24, 2.45) is 5.41 Å². The van der Waals surface area contributed by atoms with Gasteiger partial charge in [0.15, 0.2) is 0 Å². The van der Waals surface area contributed by atoms with E-state index in [9.17, 15) is 4.79 Å². The number of hydrogen-bond acceptors (Lipinski definition) is 5. The van der Waals surface area contributed by atoms with Crippen molar-refractivity contribution in [1.29, 1.82) is 0 Å². The van der Waals surface area contributed by atoms with Crippen LogP contribution in [0.4, 0.5) is 0 Å². The van der Waals surface area contributed by atoms with E-state index in [2.05, 4.69) is 24.3 Å². The molecule has 0 N–H and O–H groups in total. The molecule has 0 unspecified atom stereocenters. The lowest BCUT2D eigenvalue weighted by molar-refractivity contribution is -0.230. The molecule has 5 heteroatoms. The number of ether oxygens (including phenoxy) is 4. The highest BCUT2D eigenvalue weighted by Crippen LogP contribution is 2.54. The van der Waals surface area contributed by atoms with E-state index in [0.717, 1.165) is 30.8 Å². The van der Waals surface area contributed by atoms with Crippen LogP contribution in [0.5, 0.6) is 11.5 Å². The fraction of sp³-hybridized carbons (Fsp3) is 0.435. The summed E-state index contributed by atoms with van der Waals surface area (Å²) < 4.78 is 22.5. The Morgan fingerprint density at radius 1 is 0.857 bits per heavy atom. The second-order valence-electron chi connectivity index (χ2n) is 7.66. The largest absolute Gasteiger partial charge is 0.497 e. The number of benzene rings is 2. The minimum absolute atomic E-state index is 0.171. The Hall–Kier alpha value is -2.53. The normalized spacial score (nSPS) is 23.0. The van der Waals surface area contributed by atoms with Crippen molar-refractivity contribution >= 4 is 5.97 Å². The molecule has 2 heterocycles. The van der Waals surface area contributed by atoms with Crippen LogP contribution in [-0.4, -0.2) is 32.6 Å². The van der Waals surface area contributed by atoms with Gasteiger partial charge in [0.1, 0.15) is 11.5 Å². The maximum atomic E-state index is 12.0. The first-order valence-corrected chi connectivity index (χ1v) is 9.70. The van der Waals surface area contributed by atoms with Gasteiger partial charge in [-0.2, -0.15) is 0 Å². The molecule has 4 rings (SSSR count). The lowest BCUT2D eigenvalue weighted by atomic mass is 9.68. The third-order valence-electron chi connectivity index (χ3n) is 6.06. The molecule has 0 saturated carbocycles. The molecule has 2 aliphatic heterocycles. The average Bonchev–Trinajstić information content (AvgIpc) is 3.26. The summed E-state index contributed by atoms with van der Waals surface area (Å²) in [4.78, 5) is 12.0. The fourth-order valence-corrected chi connectivity index (χ4v) is 4.56. The van der Waals surface area contributed by atoms with E-state index in [1.165, 1.54) is 11.1 Å². The molecule has 1 spiro atoms. The van der Waals surface area contributed by atoms with Crippen LogP contribution < -0.4 is 9.47 Å². The molecular formula is C23H26O5. The Bertz CT molecular complexity index is 778. The van der Waals surface area contributed by atoms with Crippen LogP contribution in [0, 0.1) is 5.41 Å². The van der Waals surface area contributed by atoms with Gasteiger partial charge in [-0.25, -0.2) is 0 Å². The minimum Gasteiger partial charge on any atom is -0.497 e. The lowest BCUT2D eigenvalue weighted by Gasteiger charge is -2.41. The topological polar surface area (TPSA) is 54.0 Å². The van der Waals surface area contributed by atoms with Crippen LogP contribution in [0.25, 0.3) is 0 Å². The summed E-state index contributed by atoms with van der Waals surface area (Å²) in [5.74, 6) is 0.648. The Labute approximate surface area is 165 Å². The second kappa shape index (κ2) is 7.47. The number of hydrogen-bond donors (Lipinski definition) is 0. The Morgan fingerprint density at radius 2 is 1.39 bits per heavy atom. The van der Waals surface area contributed by atoms with Crippen LogP contribution in [0.2, 0.25) is 0 Å². The van der Waals surface area contributed by atoms with Crippen LogP contribution in [-0.2, 0) is 27.1 Å². The quantitative estimate of drug-likeness (QED) is 0.709. The van der Waals surface area contributed by atoms with Gasteiger partial charge in [-0.3, -0.25) is 4.79 Å². The maximum absolute atomic E-state index is 12.0. The van der Waals surface area contributed by atoms with Crippen molar-refractivity contribution in [3.8, 4) is 11.5 Å². The van der Waals surface area contributed by atoms with Gasteiger partial charge in [0.25, 0.3) is 0 Å². The molecule has 148 valence electrons. The van der Waals surface area contributed by atoms with Gasteiger partial charge >= 0.3 is 5.97 Å². The van der Waals surface area contributed by atoms with E-state index < -0.39 is 5.79 Å². The molecular weight excluding hydrogens is 356 g/mol. The molecule has 1 atom stereocenters. The first kappa shape index (κ1) is 18.8. The van der Waals surface area contributed by atoms with Gasteiger partial charge in [-0.05, 0) is 54.7 Å². The zero-order valence-corrected chi connectivity index (χ0v) is 16.4. The molecule has 2 aromatic rings. The van der Waals surface area contributed by atoms with E-state index >= 15 is 0 Å². The van der Waals surface area contributed by atoms with Gasteiger partial charge in [0, 0.05) is 11.8 Å². The smallest absolute Gasteiger partial charge is 0.308 e. The Balaban J connectivity index is 1.68. The summed E-state index contributed by atoms with van der Waals surface area (Å²) in [7, 11) is 3.33. The highest BCUT2D eigenvalue weighted by Gasteiger charge is 2.61. The van der Waals surface area contributed by atoms with Crippen molar-refractivity contribution in [2.75, 3.05) is 20.8 Å². The molecule has 0 bridgehead atoms. The third kappa shape index (κ3) is 3.35. The summed E-state index contributed by atoms with van der Waals surface area (Å²) in [5, 5.41) is 0. The molecule has 0 aromatic heterocycles. The van der Waals surface area contributed by atoms with Crippen LogP contribution >= 0.6 is 0 Å². The third-order valence-corrected chi connectivity index (χ3v) is 6.06. The maximum Gasteiger partial charge on any atom is 0.308 e. The number of carbonyl (C=O) groups is 1. The van der Waals surface area contributed by atoms with E-state index in [1.807, 2.05) is 24.3 Å². The van der Waals surface area contributed by atoms with Crippen molar-refractivity contribution in [3.05, 3.63) is 59.7 Å². The van der Waals surface area contributed by atoms with E-state index in [1.54, 1.807) is 14.2 Å². The lowest BCUT2D eigenvalue weighted by Crippen LogP contribution is -2.48. The standard InChI is InChI=1S/C23H26O5/c1-25-19-7-3-17(4-8-19)15-22(16-18-5-9-20(26-2)10-6-18)13-14-27-23(22)12-11-21(24)28-23/h3-10H,11-16H2,1-2H3/t23-/m0/s1. The fourth-order valence-electron chi connectivity index (χ4n) is 4.56. The molecule has 2 aromatic carbocycles. The van der Waals surface area contributed by atoms with E-state index in [0.29, 0.717) is 19.4 Å². The molecule has 0 aliphatic carbocycles. The molecule has 0 radical (unpaired) electrons. The molecule has 2 fully saturated rings. The Morgan fingerprint density at radius 3 is 1.82 bits per heavy atom. The second-order valence-corrected chi connectivity index (χ2v) is 7.66. The molecule has 0 amide bonds. The van der Waals surface area contributed by atoms with Crippen molar-refractivity contribution in [1.82, 2.24) is 0 Å². The highest BCUT2D eigenvalue weighted by atomic mass is 16.7. The first-order chi connectivity index (χ1) is 13.6. The van der Waals surface area contributed by atoms with Crippen molar-refractivity contribution < 1.29 is 23.7 Å². The summed E-state index contributed by atoms with van der Waals surface area (Å²) in [6, 6.07) is 16.2. The number of methoxy groups -OCH3 is 2. The zero-order chi connectivity index (χ0) is 19.6. The number of esters is 1. The Kier molecular flexibility index (Phi) is 5.02. The summed E-state index contributed by atoms with van der Waals surface area (Å²) in [6.45, 7) is 0.597. The zero-order valence-electron chi connectivity index (χ0n) is 16.4. The monoisotopic (exact) mass is 382 g/mol. The van der Waals surface area contributed by atoms with Crippen LogP contribution in [0.15, 0.2) is 48.5 Å². The van der Waals surface area contributed by atoms with Gasteiger partial charge in [-0.15, -0.1) is 0 Å². The van der Waals surface area contributed by atoms with Gasteiger partial charge in [0.05, 0.1) is 27.2 Å². The molecule has 5 nitrogen and oxygen atoms in total. The van der Waals surface area contributed by atoms with E-state index in [-0.39, 0.29) is 11.4 Å². The van der Waals surface area contributed by atoms with E-state index in [4.69, 9.17) is 18.9 Å². The minimum atomic E-state index is -0.843. The number of carbonyl (C=O) groups excluding carboxylic acids is 1. The SMILES string of the molecule is COc1ccc(CC2(Cc3ccc(OC)cc3)CCO[C@]23CCC(=O)O3)cc1. The first-order valence-electron chi connectivity index (χ1n) is 9.70. The summed E-state index contributed by atoms with van der Waals surface area (Å²) >= 11 is 0. The average molecular weight is 382 g/mol. The van der Waals surface area contributed by atoms with Gasteiger partial charge in [-0.1, -0.05) is 24.3 Å². The van der Waals surface area contributed by atoms with Crippen LogP contribution in [0.3, 0.4) is 0 Å². The molecule has 2 saturated heterocycles. The van der Waals surface area contributed by atoms with Gasteiger partial charge in [0.2, 0.25) is 5.79 Å².